The molecule has 0 saturated carbocycles. The van der Waals surface area contributed by atoms with Gasteiger partial charge in [0.2, 0.25) is 0 Å². The van der Waals surface area contributed by atoms with Crippen molar-refractivity contribution in [2.75, 3.05) is 23.3 Å². The van der Waals surface area contributed by atoms with Crippen molar-refractivity contribution in [1.29, 1.82) is 0 Å². The molecule has 1 aliphatic rings. The van der Waals surface area contributed by atoms with Gasteiger partial charge in [0.25, 0.3) is 10.0 Å². The molecule has 7 nitrogen and oxygen atoms in total. The number of aryl methyl sites for hydroxylation is 1. The van der Waals surface area contributed by atoms with Crippen molar-refractivity contribution < 1.29 is 22.7 Å². The summed E-state index contributed by atoms with van der Waals surface area (Å²) in [7, 11) is -2.02. The van der Waals surface area contributed by atoms with Gasteiger partial charge < -0.3 is 9.64 Å². The molecule has 0 spiro atoms. The van der Waals surface area contributed by atoms with Gasteiger partial charge in [0.05, 0.1) is 10.5 Å². The number of nitrogens with one attached hydrogen (secondary N) is 1. The van der Waals surface area contributed by atoms with Crippen LogP contribution < -0.4 is 9.62 Å². The van der Waals surface area contributed by atoms with Crippen LogP contribution in [0.4, 0.5) is 11.4 Å². The third-order valence-corrected chi connectivity index (χ3v) is 7.65. The zero-order valence-corrected chi connectivity index (χ0v) is 21.4. The number of anilines is 2. The molecule has 36 heavy (non-hydrogen) atoms. The molecule has 0 aromatic heterocycles. The first-order valence-electron chi connectivity index (χ1n) is 11.4. The molecule has 0 fully saturated rings. The summed E-state index contributed by atoms with van der Waals surface area (Å²) in [5.74, 6) is -1.15. The highest BCUT2D eigenvalue weighted by Crippen LogP contribution is 2.46. The zero-order chi connectivity index (χ0) is 26.1. The van der Waals surface area contributed by atoms with Crippen molar-refractivity contribution in [2.24, 2.45) is 0 Å². The maximum Gasteiger partial charge on any atom is 0.338 e. The molecule has 8 heteroatoms. The van der Waals surface area contributed by atoms with E-state index in [1.165, 1.54) is 30.3 Å². The SMILES string of the molecule is Cc1ccc(NS(=O)(=O)c2cccc(C(=O)OCC(=O)C=C3N(C)c4ccccc4C3(C)C)c2)cc1. The highest BCUT2D eigenvalue weighted by molar-refractivity contribution is 7.92. The van der Waals surface area contributed by atoms with Crippen molar-refractivity contribution in [3.63, 3.8) is 0 Å². The number of benzene rings is 3. The number of hydrogen-bond donors (Lipinski definition) is 1. The Morgan fingerprint density at radius 1 is 1.00 bits per heavy atom. The van der Waals surface area contributed by atoms with Crippen LogP contribution in [0.3, 0.4) is 0 Å². The monoisotopic (exact) mass is 504 g/mol. The lowest BCUT2D eigenvalue weighted by molar-refractivity contribution is -0.117. The average Bonchev–Trinajstić information content (AvgIpc) is 3.04. The van der Waals surface area contributed by atoms with Crippen LogP contribution >= 0.6 is 0 Å². The summed E-state index contributed by atoms with van der Waals surface area (Å²) < 4.78 is 33.3. The summed E-state index contributed by atoms with van der Waals surface area (Å²) in [5, 5.41) is 0. The van der Waals surface area contributed by atoms with Gasteiger partial charge in [0, 0.05) is 35.6 Å². The quantitative estimate of drug-likeness (QED) is 0.366. The van der Waals surface area contributed by atoms with E-state index in [-0.39, 0.29) is 21.7 Å². The first-order chi connectivity index (χ1) is 17.0. The third-order valence-electron chi connectivity index (χ3n) is 6.27. The van der Waals surface area contributed by atoms with Gasteiger partial charge in [0.15, 0.2) is 12.4 Å². The van der Waals surface area contributed by atoms with Gasteiger partial charge in [-0.25, -0.2) is 13.2 Å². The molecule has 0 bridgehead atoms. The van der Waals surface area contributed by atoms with E-state index in [0.29, 0.717) is 5.69 Å². The van der Waals surface area contributed by atoms with Crippen LogP contribution in [0.1, 0.15) is 35.3 Å². The molecule has 0 radical (unpaired) electrons. The summed E-state index contributed by atoms with van der Waals surface area (Å²) in [6.45, 7) is 5.52. The zero-order valence-electron chi connectivity index (χ0n) is 20.6. The fraction of sp³-hybridized carbons (Fsp3) is 0.214. The lowest BCUT2D eigenvalue weighted by Gasteiger charge is -2.23. The van der Waals surface area contributed by atoms with Crippen LogP contribution in [0.5, 0.6) is 0 Å². The van der Waals surface area contributed by atoms with E-state index in [1.807, 2.05) is 57.0 Å². The summed E-state index contributed by atoms with van der Waals surface area (Å²) in [6, 6.07) is 20.4. The average molecular weight is 505 g/mol. The largest absolute Gasteiger partial charge is 0.454 e. The summed E-state index contributed by atoms with van der Waals surface area (Å²) in [6.07, 6.45) is 1.50. The number of ether oxygens (including phenoxy) is 1. The van der Waals surface area contributed by atoms with Gasteiger partial charge in [0.1, 0.15) is 0 Å². The van der Waals surface area contributed by atoms with Gasteiger partial charge in [-0.05, 0) is 48.9 Å². The minimum absolute atomic E-state index is 0.0351. The number of ketones is 1. The van der Waals surface area contributed by atoms with E-state index in [0.717, 1.165) is 22.5 Å². The molecule has 1 heterocycles. The van der Waals surface area contributed by atoms with Crippen LogP contribution in [-0.2, 0) is 25.0 Å². The number of carbonyl (C=O) groups is 2. The number of nitrogens with zero attached hydrogens (tertiary/aromatic N) is 1. The van der Waals surface area contributed by atoms with Gasteiger partial charge in [-0.15, -0.1) is 0 Å². The molecule has 0 atom stereocenters. The van der Waals surface area contributed by atoms with Gasteiger partial charge in [-0.1, -0.05) is 55.8 Å². The third kappa shape index (κ3) is 5.04. The van der Waals surface area contributed by atoms with E-state index in [2.05, 4.69) is 4.72 Å². The second-order valence-corrected chi connectivity index (χ2v) is 11.0. The number of para-hydroxylation sites is 1. The Kier molecular flexibility index (Phi) is 6.73. The van der Waals surface area contributed by atoms with Crippen molar-refractivity contribution in [3.05, 3.63) is 101 Å². The van der Waals surface area contributed by atoms with Crippen molar-refractivity contribution in [1.82, 2.24) is 0 Å². The normalized spacial score (nSPS) is 15.4. The fourth-order valence-electron chi connectivity index (χ4n) is 4.30. The smallest absolute Gasteiger partial charge is 0.338 e. The lowest BCUT2D eigenvalue weighted by Crippen LogP contribution is -2.25. The van der Waals surface area contributed by atoms with Crippen molar-refractivity contribution in [3.8, 4) is 0 Å². The van der Waals surface area contributed by atoms with Crippen LogP contribution in [-0.4, -0.2) is 33.8 Å². The number of allylic oxidation sites excluding steroid dienone is 1. The summed E-state index contributed by atoms with van der Waals surface area (Å²) in [4.78, 5) is 27.2. The van der Waals surface area contributed by atoms with Gasteiger partial charge in [-0.3, -0.25) is 9.52 Å². The van der Waals surface area contributed by atoms with Gasteiger partial charge in [-0.2, -0.15) is 0 Å². The molecule has 3 aromatic rings. The molecule has 186 valence electrons. The predicted molar refractivity (Wildman–Crippen MR) is 140 cm³/mol. The Morgan fingerprint density at radius 3 is 2.39 bits per heavy atom. The molecule has 0 amide bonds. The first-order valence-corrected chi connectivity index (χ1v) is 12.9. The first kappa shape index (κ1) is 25.2. The molecular formula is C28H28N2O5S. The number of sulfonamides is 1. The minimum Gasteiger partial charge on any atom is -0.454 e. The Morgan fingerprint density at radius 2 is 1.69 bits per heavy atom. The Labute approximate surface area is 211 Å². The fourth-order valence-corrected chi connectivity index (χ4v) is 5.40. The Balaban J connectivity index is 1.44. The molecule has 0 aliphatic carbocycles. The van der Waals surface area contributed by atoms with Crippen LogP contribution in [0, 0.1) is 6.92 Å². The summed E-state index contributed by atoms with van der Waals surface area (Å²) >= 11 is 0. The van der Waals surface area contributed by atoms with Gasteiger partial charge >= 0.3 is 5.97 Å². The number of hydrogen-bond acceptors (Lipinski definition) is 6. The van der Waals surface area contributed by atoms with E-state index in [4.69, 9.17) is 4.74 Å². The molecule has 0 unspecified atom stereocenters. The Bertz CT molecular complexity index is 1460. The van der Waals surface area contributed by atoms with Crippen LogP contribution in [0.2, 0.25) is 0 Å². The van der Waals surface area contributed by atoms with Crippen molar-refractivity contribution in [2.45, 2.75) is 31.1 Å². The predicted octanol–water partition coefficient (Wildman–Crippen LogP) is 4.83. The van der Waals surface area contributed by atoms with Crippen molar-refractivity contribution >= 4 is 33.2 Å². The minimum atomic E-state index is -3.91. The van der Waals surface area contributed by atoms with Crippen LogP contribution in [0.15, 0.2) is 89.5 Å². The highest BCUT2D eigenvalue weighted by atomic mass is 32.2. The lowest BCUT2D eigenvalue weighted by atomic mass is 9.83. The number of esters is 1. The van der Waals surface area contributed by atoms with E-state index in [1.54, 1.807) is 24.3 Å². The maximum absolute atomic E-state index is 12.8. The Hall–Kier alpha value is -3.91. The second kappa shape index (κ2) is 9.62. The second-order valence-electron chi connectivity index (χ2n) is 9.27. The van der Waals surface area contributed by atoms with E-state index < -0.39 is 22.6 Å². The molecule has 0 saturated heterocycles. The van der Waals surface area contributed by atoms with Crippen LogP contribution in [0.25, 0.3) is 0 Å². The number of likely N-dealkylation sites (N-methyl/N-ethyl adjacent to an activating group) is 1. The molecular weight excluding hydrogens is 476 g/mol. The van der Waals surface area contributed by atoms with E-state index in [9.17, 15) is 18.0 Å². The molecule has 1 aliphatic heterocycles. The number of rotatable bonds is 7. The molecule has 1 N–H and O–H groups in total. The number of fused-ring (bicyclic) bond motifs is 1. The molecule has 4 rings (SSSR count). The number of carbonyl (C=O) groups excluding carboxylic acids is 2. The maximum atomic E-state index is 12.8. The van der Waals surface area contributed by atoms with E-state index >= 15 is 0 Å². The molecule has 3 aromatic carbocycles. The summed E-state index contributed by atoms with van der Waals surface area (Å²) in [5.41, 5.74) is 4.01. The topological polar surface area (TPSA) is 92.8 Å². The highest BCUT2D eigenvalue weighted by Gasteiger charge is 2.38. The standard InChI is InChI=1S/C28H28N2O5S/c1-19-12-14-21(15-13-19)29-36(33,34)23-9-7-8-20(16-23)27(32)35-18-22(31)17-26-28(2,3)24-10-5-6-11-25(24)30(26)4/h5-17,29H,18H2,1-4H3.